The second kappa shape index (κ2) is 6.86. The van der Waals surface area contributed by atoms with Gasteiger partial charge in [0.2, 0.25) is 0 Å². The van der Waals surface area contributed by atoms with Crippen LogP contribution in [0.5, 0.6) is 0 Å². The van der Waals surface area contributed by atoms with Crippen LogP contribution in [0.15, 0.2) is 91.0 Å². The average molecular weight is 466 g/mol. The summed E-state index contributed by atoms with van der Waals surface area (Å²) in [5.74, 6) is 0.276. The number of rotatable bonds is 2. The van der Waals surface area contributed by atoms with Crippen molar-refractivity contribution in [2.75, 3.05) is 0 Å². The van der Waals surface area contributed by atoms with Gasteiger partial charge in [-0.3, -0.25) is 0 Å². The molecule has 5 rings (SSSR count). The molecule has 4 aromatic rings. The molecule has 0 N–H and O–H groups in total. The van der Waals surface area contributed by atoms with Gasteiger partial charge in [0.25, 0.3) is 0 Å². The summed E-state index contributed by atoms with van der Waals surface area (Å²) in [4.78, 5) is 0. The van der Waals surface area contributed by atoms with E-state index in [0.29, 0.717) is 0 Å². The Morgan fingerprint density at radius 3 is 1.85 bits per heavy atom. The van der Waals surface area contributed by atoms with Gasteiger partial charge >= 0.3 is 178 Å². The average Bonchev–Trinajstić information content (AvgIpc) is 3.04. The molecule has 0 heterocycles. The number of benzene rings is 4. The van der Waals surface area contributed by atoms with Crippen molar-refractivity contribution in [1.29, 1.82) is 0 Å². The molecule has 0 aliphatic heterocycles. The first-order chi connectivity index (χ1) is 13.2. The van der Waals surface area contributed by atoms with Crippen LogP contribution in [-0.2, 0) is 0 Å². The minimum absolute atomic E-state index is 0.276. The van der Waals surface area contributed by atoms with Crippen LogP contribution in [0.25, 0.3) is 22.3 Å². The maximum atomic E-state index is 2.62. The van der Waals surface area contributed by atoms with Gasteiger partial charge in [-0.25, -0.2) is 0 Å². The molecular weight excluding hydrogens is 450 g/mol. The van der Waals surface area contributed by atoms with Crippen molar-refractivity contribution in [2.24, 2.45) is 0 Å². The Bertz CT molecular complexity index is 1130. The first-order valence-electron chi connectivity index (χ1n) is 9.03. The van der Waals surface area contributed by atoms with E-state index in [1.807, 2.05) is 0 Å². The van der Waals surface area contributed by atoms with Gasteiger partial charge in [0.15, 0.2) is 0 Å². The van der Waals surface area contributed by atoms with Gasteiger partial charge in [-0.2, -0.15) is 0 Å². The molecule has 0 nitrogen and oxygen atoms in total. The molecule has 0 saturated carbocycles. The van der Waals surface area contributed by atoms with Crippen molar-refractivity contribution in [3.8, 4) is 22.3 Å². The fraction of sp³-hybridized carbons (Fsp3) is 0.0400. The van der Waals surface area contributed by atoms with Crippen molar-refractivity contribution in [2.45, 2.75) is 5.92 Å². The summed E-state index contributed by atoms with van der Waals surface area (Å²) in [6, 6.07) is 33.3. The molecule has 4 aromatic carbocycles. The van der Waals surface area contributed by atoms with Crippen LogP contribution < -0.4 is 8.70 Å². The van der Waals surface area contributed by atoms with E-state index in [-0.39, 0.29) is 5.92 Å². The zero-order valence-electron chi connectivity index (χ0n) is 14.6. The molecule has 1 unspecified atom stereocenters. The van der Waals surface area contributed by atoms with E-state index in [0.717, 1.165) is 0 Å². The van der Waals surface area contributed by atoms with Crippen LogP contribution in [0.4, 0.5) is 0 Å². The van der Waals surface area contributed by atoms with Crippen molar-refractivity contribution >= 4 is 42.4 Å². The van der Waals surface area contributed by atoms with Gasteiger partial charge in [-0.1, -0.05) is 0 Å². The van der Waals surface area contributed by atoms with E-state index in [9.17, 15) is 0 Å². The molecule has 4 radical (unpaired) electrons. The van der Waals surface area contributed by atoms with Gasteiger partial charge in [-0.05, 0) is 0 Å². The molecule has 126 valence electrons. The van der Waals surface area contributed by atoms with Crippen molar-refractivity contribution in [3.05, 3.63) is 108 Å². The minimum atomic E-state index is 0.276. The predicted molar refractivity (Wildman–Crippen MR) is 115 cm³/mol. The predicted octanol–water partition coefficient (Wildman–Crippen LogP) is 4.10. The zero-order chi connectivity index (χ0) is 18.4. The number of hydrogen-bond donors (Lipinski definition) is 0. The normalized spacial score (nSPS) is 14.7. The van der Waals surface area contributed by atoms with Crippen LogP contribution in [-0.4, -0.2) is 33.7 Å². The SMILES string of the molecule is [As]c1ccc(-c2cccc3c2C(c2ccc([As])cc2)c2ccccc2-3)cc1. The molecule has 0 fully saturated rings. The first kappa shape index (κ1) is 17.1. The summed E-state index contributed by atoms with van der Waals surface area (Å²) in [7, 11) is 0. The van der Waals surface area contributed by atoms with Crippen LogP contribution in [0.3, 0.4) is 0 Å². The quantitative estimate of drug-likeness (QED) is 0.344. The van der Waals surface area contributed by atoms with Crippen molar-refractivity contribution in [1.82, 2.24) is 0 Å². The Hall–Kier alpha value is -2.00. The standard InChI is InChI=1S/C25H16As2/c26-18-12-8-16(9-13-18)20-6-3-7-23-21-4-1-2-5-22(21)24(25(20)23)17-10-14-19(27)15-11-17/h1-15,24H. The Kier molecular flexibility index (Phi) is 4.35. The van der Waals surface area contributed by atoms with Crippen molar-refractivity contribution < 1.29 is 0 Å². The maximum absolute atomic E-state index is 2.62. The summed E-state index contributed by atoms with van der Waals surface area (Å²) in [6.45, 7) is 0. The second-order valence-electron chi connectivity index (χ2n) is 6.93. The van der Waals surface area contributed by atoms with Crippen LogP contribution >= 0.6 is 0 Å². The molecule has 0 saturated heterocycles. The van der Waals surface area contributed by atoms with E-state index in [2.05, 4.69) is 125 Å². The molecule has 0 amide bonds. The van der Waals surface area contributed by atoms with Crippen LogP contribution in [0, 0.1) is 0 Å². The Balaban J connectivity index is 1.79. The molecule has 0 aromatic heterocycles. The molecule has 0 bridgehead atoms. The fourth-order valence-corrected chi connectivity index (χ4v) is 4.79. The van der Waals surface area contributed by atoms with E-state index in [1.165, 1.54) is 47.6 Å². The molecule has 0 spiro atoms. The first-order valence-corrected chi connectivity index (χ1v) is 10.9. The number of hydrogen-bond acceptors (Lipinski definition) is 0. The third-order valence-corrected chi connectivity index (χ3v) is 6.61. The Morgan fingerprint density at radius 1 is 0.519 bits per heavy atom. The molecule has 2 heteroatoms. The summed E-state index contributed by atoms with van der Waals surface area (Å²) in [5, 5.41) is 0. The topological polar surface area (TPSA) is 0 Å². The zero-order valence-corrected chi connectivity index (χ0v) is 18.4. The van der Waals surface area contributed by atoms with Gasteiger partial charge in [0.05, 0.1) is 0 Å². The van der Waals surface area contributed by atoms with Crippen LogP contribution in [0.1, 0.15) is 22.6 Å². The summed E-state index contributed by atoms with van der Waals surface area (Å²) in [6.07, 6.45) is 0. The van der Waals surface area contributed by atoms with E-state index >= 15 is 0 Å². The summed E-state index contributed by atoms with van der Waals surface area (Å²) < 4.78 is 2.47. The molecule has 1 aliphatic rings. The van der Waals surface area contributed by atoms with E-state index in [1.54, 1.807) is 0 Å². The van der Waals surface area contributed by atoms with Gasteiger partial charge < -0.3 is 0 Å². The third kappa shape index (κ3) is 2.93. The van der Waals surface area contributed by atoms with Crippen LogP contribution in [0.2, 0.25) is 0 Å². The summed E-state index contributed by atoms with van der Waals surface area (Å²) >= 11 is 5.24. The number of fused-ring (bicyclic) bond motifs is 3. The fourth-order valence-electron chi connectivity index (χ4n) is 4.17. The van der Waals surface area contributed by atoms with Gasteiger partial charge in [-0.15, -0.1) is 0 Å². The van der Waals surface area contributed by atoms with Gasteiger partial charge in [0.1, 0.15) is 0 Å². The third-order valence-electron chi connectivity index (χ3n) is 5.36. The van der Waals surface area contributed by atoms with E-state index in [4.69, 9.17) is 0 Å². The van der Waals surface area contributed by atoms with E-state index < -0.39 is 0 Å². The molecule has 1 aliphatic carbocycles. The van der Waals surface area contributed by atoms with Gasteiger partial charge in [0, 0.05) is 0 Å². The second-order valence-corrected chi connectivity index (χ2v) is 9.09. The molecular formula is C25H16As2. The monoisotopic (exact) mass is 466 g/mol. The van der Waals surface area contributed by atoms with Crippen molar-refractivity contribution in [3.63, 3.8) is 0 Å². The Morgan fingerprint density at radius 2 is 1.11 bits per heavy atom. The Labute approximate surface area is 177 Å². The molecule has 27 heavy (non-hydrogen) atoms. The molecule has 1 atom stereocenters. The summed E-state index contributed by atoms with van der Waals surface area (Å²) in [5.41, 5.74) is 9.52.